The van der Waals surface area contributed by atoms with Gasteiger partial charge in [0.15, 0.2) is 5.60 Å². The summed E-state index contributed by atoms with van der Waals surface area (Å²) in [6.45, 7) is 20.8. The first-order valence-corrected chi connectivity index (χ1v) is 7.38. The van der Waals surface area contributed by atoms with Crippen molar-refractivity contribution in [1.29, 1.82) is 0 Å². The monoisotopic (exact) mass is 286 g/mol. The van der Waals surface area contributed by atoms with Gasteiger partial charge >= 0.3 is 0 Å². The molecule has 1 heterocycles. The third-order valence-electron chi connectivity index (χ3n) is 4.11. The van der Waals surface area contributed by atoms with Gasteiger partial charge in [-0.1, -0.05) is 57.2 Å². The molecule has 1 aliphatic rings. The summed E-state index contributed by atoms with van der Waals surface area (Å²) in [5.41, 5.74) is 5.02. The Kier molecular flexibility index (Phi) is 3.90. The van der Waals surface area contributed by atoms with E-state index in [0.717, 1.165) is 27.8 Å². The van der Waals surface area contributed by atoms with Crippen LogP contribution in [-0.2, 0) is 15.4 Å². The summed E-state index contributed by atoms with van der Waals surface area (Å²) in [6.07, 6.45) is 0.0128. The number of allylic oxidation sites excluding steroid dienone is 2. The second kappa shape index (κ2) is 5.11. The van der Waals surface area contributed by atoms with Crippen molar-refractivity contribution in [3.63, 3.8) is 0 Å². The number of rotatable bonds is 3. The number of hydrogen-bond acceptors (Lipinski definition) is 2. The van der Waals surface area contributed by atoms with Crippen molar-refractivity contribution in [2.45, 2.75) is 53.2 Å². The van der Waals surface area contributed by atoms with Crippen LogP contribution in [0.2, 0.25) is 0 Å². The molecule has 2 unspecified atom stereocenters. The van der Waals surface area contributed by atoms with Crippen molar-refractivity contribution in [1.82, 2.24) is 0 Å². The van der Waals surface area contributed by atoms with Gasteiger partial charge in [0.05, 0.1) is 0 Å². The van der Waals surface area contributed by atoms with Gasteiger partial charge in [0.1, 0.15) is 6.10 Å². The van der Waals surface area contributed by atoms with Crippen molar-refractivity contribution in [3.05, 3.63) is 48.0 Å². The molecule has 114 valence electrons. The fraction of sp³-hybridized carbons (Fsp3) is 0.474. The maximum absolute atomic E-state index is 5.57. The van der Waals surface area contributed by atoms with E-state index in [0.29, 0.717) is 0 Å². The molecule has 0 spiro atoms. The lowest BCUT2D eigenvalue weighted by Gasteiger charge is -2.51. The van der Waals surface area contributed by atoms with Gasteiger partial charge in [0, 0.05) is 0 Å². The Morgan fingerprint density at radius 2 is 1.76 bits per heavy atom. The molecular weight excluding hydrogens is 260 g/mol. The maximum atomic E-state index is 5.57. The van der Waals surface area contributed by atoms with Crippen LogP contribution in [0.4, 0.5) is 0 Å². The quantitative estimate of drug-likeness (QED) is 0.698. The minimum atomic E-state index is -0.444. The molecule has 0 aliphatic carbocycles. The summed E-state index contributed by atoms with van der Waals surface area (Å²) in [5.74, 6) is 0. The first-order valence-electron chi connectivity index (χ1n) is 7.38. The Morgan fingerprint density at radius 1 is 1.14 bits per heavy atom. The van der Waals surface area contributed by atoms with Crippen LogP contribution in [0.5, 0.6) is 0 Å². The van der Waals surface area contributed by atoms with Crippen molar-refractivity contribution < 1.29 is 9.78 Å². The summed E-state index contributed by atoms with van der Waals surface area (Å²) in [6, 6.07) is 6.36. The zero-order valence-corrected chi connectivity index (χ0v) is 14.0. The Balaban J connectivity index is 2.54. The van der Waals surface area contributed by atoms with Crippen LogP contribution in [0, 0.1) is 5.41 Å². The molecule has 1 saturated heterocycles. The van der Waals surface area contributed by atoms with Crippen LogP contribution in [0.15, 0.2) is 31.4 Å². The van der Waals surface area contributed by atoms with Crippen LogP contribution in [0.3, 0.4) is 0 Å². The second-order valence-corrected chi connectivity index (χ2v) is 7.35. The summed E-state index contributed by atoms with van der Waals surface area (Å²) >= 11 is 0. The fourth-order valence-electron chi connectivity index (χ4n) is 2.99. The molecule has 0 saturated carbocycles. The maximum Gasteiger partial charge on any atom is 0.156 e. The van der Waals surface area contributed by atoms with E-state index in [9.17, 15) is 0 Å². The van der Waals surface area contributed by atoms with Gasteiger partial charge in [0.2, 0.25) is 0 Å². The molecule has 0 N–H and O–H groups in total. The van der Waals surface area contributed by atoms with Gasteiger partial charge in [-0.3, -0.25) is 0 Å². The predicted molar refractivity (Wildman–Crippen MR) is 88.6 cm³/mol. The van der Waals surface area contributed by atoms with Gasteiger partial charge in [-0.05, 0) is 48.9 Å². The first kappa shape index (κ1) is 16.0. The highest BCUT2D eigenvalue weighted by molar-refractivity contribution is 5.72. The second-order valence-electron chi connectivity index (χ2n) is 7.35. The van der Waals surface area contributed by atoms with Crippen LogP contribution in [0.25, 0.3) is 11.1 Å². The average Bonchev–Trinajstić information content (AvgIpc) is 2.33. The van der Waals surface area contributed by atoms with E-state index in [1.54, 1.807) is 0 Å². The molecule has 21 heavy (non-hydrogen) atoms. The molecule has 0 radical (unpaired) electrons. The first-order chi connectivity index (χ1) is 9.57. The Labute approximate surface area is 128 Å². The molecular formula is C19H26O2. The normalized spacial score (nSPS) is 25.3. The van der Waals surface area contributed by atoms with Crippen molar-refractivity contribution in [2.75, 3.05) is 0 Å². The van der Waals surface area contributed by atoms with Gasteiger partial charge in [-0.25, -0.2) is 9.78 Å². The molecule has 0 aromatic heterocycles. The molecule has 2 heteroatoms. The Morgan fingerprint density at radius 3 is 2.14 bits per heavy atom. The Hall–Kier alpha value is -1.38. The highest BCUT2D eigenvalue weighted by Gasteiger charge is 2.55. The van der Waals surface area contributed by atoms with Crippen molar-refractivity contribution in [2.24, 2.45) is 5.41 Å². The van der Waals surface area contributed by atoms with E-state index in [1.807, 2.05) is 13.8 Å². The molecule has 2 nitrogen and oxygen atoms in total. The van der Waals surface area contributed by atoms with Gasteiger partial charge in [-0.15, -0.1) is 0 Å². The summed E-state index contributed by atoms with van der Waals surface area (Å²) in [4.78, 5) is 11.0. The van der Waals surface area contributed by atoms with Crippen LogP contribution < -0.4 is 0 Å². The number of benzene rings is 1. The molecule has 1 fully saturated rings. The largest absolute Gasteiger partial charge is 0.228 e. The van der Waals surface area contributed by atoms with Crippen LogP contribution in [-0.4, -0.2) is 6.10 Å². The lowest BCUT2D eigenvalue weighted by atomic mass is 9.73. The van der Waals surface area contributed by atoms with Gasteiger partial charge in [0.25, 0.3) is 0 Å². The third-order valence-corrected chi connectivity index (χ3v) is 4.11. The number of hydrogen-bond donors (Lipinski definition) is 0. The zero-order chi connectivity index (χ0) is 16.0. The average molecular weight is 286 g/mol. The highest BCUT2D eigenvalue weighted by atomic mass is 17.3. The zero-order valence-electron chi connectivity index (χ0n) is 14.0. The van der Waals surface area contributed by atoms with E-state index < -0.39 is 5.60 Å². The molecule has 1 aromatic rings. The van der Waals surface area contributed by atoms with E-state index >= 15 is 0 Å². The standard InChI is InChI=1S/C19H26O2/c1-12(2)14-9-10-16(15(11-14)13(3)4)19(8)17(20-21-19)18(5,6)7/h9-11,17H,1,3H2,2,4-8H3. The minimum absolute atomic E-state index is 0.00632. The molecule has 0 amide bonds. The Bertz CT molecular complexity index is 592. The van der Waals surface area contributed by atoms with E-state index in [2.05, 4.69) is 59.1 Å². The lowest BCUT2D eigenvalue weighted by Crippen LogP contribution is -2.57. The van der Waals surface area contributed by atoms with Crippen molar-refractivity contribution >= 4 is 11.1 Å². The fourth-order valence-corrected chi connectivity index (χ4v) is 2.99. The molecule has 2 atom stereocenters. The predicted octanol–water partition coefficient (Wildman–Crippen LogP) is 5.34. The summed E-state index contributed by atoms with van der Waals surface area (Å²) in [7, 11) is 0. The summed E-state index contributed by atoms with van der Waals surface area (Å²) in [5, 5.41) is 0. The van der Waals surface area contributed by atoms with Gasteiger partial charge in [-0.2, -0.15) is 0 Å². The topological polar surface area (TPSA) is 18.5 Å². The van der Waals surface area contributed by atoms with E-state index in [-0.39, 0.29) is 11.5 Å². The molecule has 0 bridgehead atoms. The van der Waals surface area contributed by atoms with Crippen LogP contribution >= 0.6 is 0 Å². The van der Waals surface area contributed by atoms with Crippen molar-refractivity contribution in [3.8, 4) is 0 Å². The van der Waals surface area contributed by atoms with Crippen LogP contribution in [0.1, 0.15) is 58.2 Å². The van der Waals surface area contributed by atoms with E-state index in [1.165, 1.54) is 0 Å². The lowest BCUT2D eigenvalue weighted by molar-refractivity contribution is -0.529. The smallest absolute Gasteiger partial charge is 0.156 e. The third kappa shape index (κ3) is 2.70. The molecule has 1 aliphatic heterocycles. The van der Waals surface area contributed by atoms with Gasteiger partial charge < -0.3 is 0 Å². The summed E-state index contributed by atoms with van der Waals surface area (Å²) < 4.78 is 0. The van der Waals surface area contributed by atoms with E-state index in [4.69, 9.17) is 9.78 Å². The highest BCUT2D eigenvalue weighted by Crippen LogP contribution is 2.49. The molecule has 1 aromatic carbocycles. The molecule has 2 rings (SSSR count). The minimum Gasteiger partial charge on any atom is -0.228 e. The SMILES string of the molecule is C=C(C)c1ccc(C2(C)OOC2C(C)(C)C)c(C(=C)C)c1.